The molecule has 0 fully saturated rings. The Morgan fingerprint density at radius 1 is 1.36 bits per heavy atom. The van der Waals surface area contributed by atoms with Crippen molar-refractivity contribution in [2.75, 3.05) is 13.2 Å². The number of rotatable bonds is 5. The molecule has 5 heteroatoms. The van der Waals surface area contributed by atoms with Crippen LogP contribution in [0.5, 0.6) is 0 Å². The van der Waals surface area contributed by atoms with Crippen molar-refractivity contribution in [3.05, 3.63) is 0 Å². The van der Waals surface area contributed by atoms with Crippen LogP contribution in [0.2, 0.25) is 6.55 Å². The van der Waals surface area contributed by atoms with E-state index in [9.17, 15) is 4.79 Å². The maximum Gasteiger partial charge on any atom is 0.459 e. The summed E-state index contributed by atoms with van der Waals surface area (Å²) in [6, 6.07) is 0. The average molecular weight is 178 g/mol. The molecule has 0 aliphatic rings. The molecule has 0 aliphatic carbocycles. The summed E-state index contributed by atoms with van der Waals surface area (Å²) in [6.07, 6.45) is 0. The fourth-order valence-electron chi connectivity index (χ4n) is 0.716. The van der Waals surface area contributed by atoms with Gasteiger partial charge in [-0.2, -0.15) is 0 Å². The van der Waals surface area contributed by atoms with Crippen molar-refractivity contribution in [1.82, 2.24) is 0 Å². The van der Waals surface area contributed by atoms with Gasteiger partial charge in [-0.1, -0.05) is 0 Å². The summed E-state index contributed by atoms with van der Waals surface area (Å²) >= 11 is 0. The lowest BCUT2D eigenvalue weighted by atomic mass is 10.9. The molecule has 0 aromatic carbocycles. The lowest BCUT2D eigenvalue weighted by Crippen LogP contribution is -2.47. The zero-order chi connectivity index (χ0) is 8.91. The van der Waals surface area contributed by atoms with E-state index in [1.165, 1.54) is 6.55 Å². The van der Waals surface area contributed by atoms with Gasteiger partial charge in [-0.05, 0) is 20.4 Å². The van der Waals surface area contributed by atoms with E-state index in [2.05, 4.69) is 0 Å². The summed E-state index contributed by atoms with van der Waals surface area (Å²) in [5.74, 6) is 0. The molecule has 0 amide bonds. The second-order valence-corrected chi connectivity index (χ2v) is 5.01. The highest BCUT2D eigenvalue weighted by Gasteiger charge is 2.41. The molecule has 0 saturated heterocycles. The Labute approximate surface area is 67.4 Å². The number of carboxylic acid groups (broad SMARTS) is 1. The van der Waals surface area contributed by atoms with Crippen molar-refractivity contribution in [1.29, 1.82) is 0 Å². The summed E-state index contributed by atoms with van der Waals surface area (Å²) in [5.41, 5.74) is -0.957. The molecule has 66 valence electrons. The molecule has 4 nitrogen and oxygen atoms in total. The largest absolute Gasteiger partial charge is 0.481 e. The lowest BCUT2D eigenvalue weighted by Gasteiger charge is -2.20. The Kier molecular flexibility index (Phi) is 4.32. The van der Waals surface area contributed by atoms with Crippen LogP contribution in [-0.4, -0.2) is 32.5 Å². The van der Waals surface area contributed by atoms with Gasteiger partial charge in [-0.15, -0.1) is 0 Å². The van der Waals surface area contributed by atoms with Crippen LogP contribution in [0.3, 0.4) is 0 Å². The van der Waals surface area contributed by atoms with E-state index in [0.717, 1.165) is 0 Å². The third-order valence-electron chi connectivity index (χ3n) is 1.23. The van der Waals surface area contributed by atoms with Gasteiger partial charge in [-0.3, -0.25) is 4.79 Å². The van der Waals surface area contributed by atoms with E-state index in [0.29, 0.717) is 13.2 Å². The van der Waals surface area contributed by atoms with E-state index in [1.807, 2.05) is 0 Å². The van der Waals surface area contributed by atoms with Gasteiger partial charge < -0.3 is 14.0 Å². The first-order chi connectivity index (χ1) is 5.06. The Hall–Kier alpha value is -0.393. The zero-order valence-corrected chi connectivity index (χ0v) is 8.09. The van der Waals surface area contributed by atoms with Gasteiger partial charge in [0.15, 0.2) is 0 Å². The molecule has 0 atom stereocenters. The van der Waals surface area contributed by atoms with Crippen molar-refractivity contribution < 1.29 is 18.8 Å². The van der Waals surface area contributed by atoms with Crippen LogP contribution in [0, 0.1) is 0 Å². The molecular weight excluding hydrogens is 164 g/mol. The Balaban J connectivity index is 4.13. The van der Waals surface area contributed by atoms with Gasteiger partial charge in [0.2, 0.25) is 0 Å². The third kappa shape index (κ3) is 3.00. The van der Waals surface area contributed by atoms with E-state index < -0.39 is 14.2 Å². The number of carbonyl (C=O) groups is 1. The second kappa shape index (κ2) is 4.48. The molecule has 0 heterocycles. The van der Waals surface area contributed by atoms with Crippen molar-refractivity contribution >= 4 is 14.2 Å². The van der Waals surface area contributed by atoms with Crippen molar-refractivity contribution in [2.24, 2.45) is 0 Å². The highest BCUT2D eigenvalue weighted by Crippen LogP contribution is 2.07. The summed E-state index contributed by atoms with van der Waals surface area (Å²) in [7, 11) is -2.91. The predicted molar refractivity (Wildman–Crippen MR) is 42.9 cm³/mol. The molecule has 11 heavy (non-hydrogen) atoms. The van der Waals surface area contributed by atoms with Gasteiger partial charge in [-0.25, -0.2) is 0 Å². The first kappa shape index (κ1) is 10.6. The summed E-state index contributed by atoms with van der Waals surface area (Å²) in [6.45, 7) is 5.81. The first-order valence-corrected chi connectivity index (χ1v) is 5.89. The molecule has 1 N–H and O–H groups in total. The standard InChI is InChI=1S/C6H14O4Si/c1-4-9-11(3,6(7)8)10-5-2/h4-5H2,1-3H3,(H,7,8). The molecule has 0 unspecified atom stereocenters. The van der Waals surface area contributed by atoms with E-state index in [4.69, 9.17) is 14.0 Å². The fraction of sp³-hybridized carbons (Fsp3) is 0.833. The van der Waals surface area contributed by atoms with Gasteiger partial charge in [0.05, 0.1) is 0 Å². The molecule has 0 aromatic heterocycles. The van der Waals surface area contributed by atoms with E-state index in [1.54, 1.807) is 13.8 Å². The van der Waals surface area contributed by atoms with Crippen LogP contribution < -0.4 is 0 Å². The SMILES string of the molecule is CCO[Si](C)(OCC)C(=O)O. The minimum Gasteiger partial charge on any atom is -0.481 e. The fourth-order valence-corrected chi connectivity index (χ4v) is 2.15. The van der Waals surface area contributed by atoms with Crippen LogP contribution in [0.25, 0.3) is 0 Å². The second-order valence-electron chi connectivity index (χ2n) is 2.12. The number of hydrogen-bond donors (Lipinski definition) is 1. The lowest BCUT2D eigenvalue weighted by molar-refractivity contribution is 0.161. The molecule has 0 bridgehead atoms. The maximum atomic E-state index is 10.6. The highest BCUT2D eigenvalue weighted by atomic mass is 28.4. The van der Waals surface area contributed by atoms with Crippen molar-refractivity contribution in [3.8, 4) is 0 Å². The third-order valence-corrected chi connectivity index (χ3v) is 3.68. The van der Waals surface area contributed by atoms with Crippen molar-refractivity contribution in [3.63, 3.8) is 0 Å². The van der Waals surface area contributed by atoms with Crippen LogP contribution in [0.15, 0.2) is 0 Å². The van der Waals surface area contributed by atoms with Crippen molar-refractivity contribution in [2.45, 2.75) is 20.4 Å². The molecule has 0 aromatic rings. The molecule has 0 rings (SSSR count). The van der Waals surface area contributed by atoms with Crippen LogP contribution in [-0.2, 0) is 8.85 Å². The summed E-state index contributed by atoms with van der Waals surface area (Å²) in [4.78, 5) is 10.6. The zero-order valence-electron chi connectivity index (χ0n) is 7.09. The predicted octanol–water partition coefficient (Wildman–Crippen LogP) is 1.39. The first-order valence-electron chi connectivity index (χ1n) is 3.58. The minimum atomic E-state index is -2.91. The molecule has 0 spiro atoms. The Morgan fingerprint density at radius 3 is 1.91 bits per heavy atom. The summed E-state index contributed by atoms with van der Waals surface area (Å²) < 4.78 is 10.1. The van der Waals surface area contributed by atoms with Crippen LogP contribution >= 0.6 is 0 Å². The average Bonchev–Trinajstić information content (AvgIpc) is 1.88. The molecule has 0 saturated carbocycles. The number of hydrogen-bond acceptors (Lipinski definition) is 3. The van der Waals surface area contributed by atoms with Gasteiger partial charge in [0.1, 0.15) is 0 Å². The molecular formula is C6H14O4Si. The van der Waals surface area contributed by atoms with E-state index in [-0.39, 0.29) is 0 Å². The van der Waals surface area contributed by atoms with Crippen LogP contribution in [0.4, 0.5) is 4.79 Å². The summed E-state index contributed by atoms with van der Waals surface area (Å²) in [5, 5.41) is 8.71. The maximum absolute atomic E-state index is 10.6. The topological polar surface area (TPSA) is 55.8 Å². The highest BCUT2D eigenvalue weighted by molar-refractivity contribution is 6.94. The minimum absolute atomic E-state index is 0.384. The molecule has 0 radical (unpaired) electrons. The normalized spacial score (nSPS) is 11.5. The monoisotopic (exact) mass is 178 g/mol. The Morgan fingerprint density at radius 2 is 1.73 bits per heavy atom. The Bertz CT molecular complexity index is 131. The smallest absolute Gasteiger partial charge is 0.459 e. The van der Waals surface area contributed by atoms with Crippen LogP contribution in [0.1, 0.15) is 13.8 Å². The quantitative estimate of drug-likeness (QED) is 0.646. The van der Waals surface area contributed by atoms with Gasteiger partial charge in [0, 0.05) is 13.2 Å². The molecule has 0 aliphatic heterocycles. The van der Waals surface area contributed by atoms with Gasteiger partial charge >= 0.3 is 14.2 Å². The van der Waals surface area contributed by atoms with E-state index >= 15 is 0 Å². The van der Waals surface area contributed by atoms with Gasteiger partial charge in [0.25, 0.3) is 0 Å².